The molecule has 180 valence electrons. The van der Waals surface area contributed by atoms with Crippen molar-refractivity contribution in [1.29, 1.82) is 0 Å². The molecule has 2 fully saturated rings. The van der Waals surface area contributed by atoms with Crippen molar-refractivity contribution in [2.24, 2.45) is 0 Å². The monoisotopic (exact) mass is 463 g/mol. The van der Waals surface area contributed by atoms with Crippen LogP contribution in [-0.2, 0) is 5.54 Å². The van der Waals surface area contributed by atoms with Crippen molar-refractivity contribution < 1.29 is 5.11 Å². The number of nitrogens with zero attached hydrogens (tertiary/aromatic N) is 7. The second-order valence-electron chi connectivity index (χ2n) is 10.2. The van der Waals surface area contributed by atoms with Gasteiger partial charge >= 0.3 is 0 Å². The minimum atomic E-state index is -0.682. The normalized spacial score (nSPS) is 22.6. The molecule has 1 saturated heterocycles. The highest BCUT2D eigenvalue weighted by Gasteiger charge is 2.42. The van der Waals surface area contributed by atoms with Crippen LogP contribution < -0.4 is 15.5 Å². The highest BCUT2D eigenvalue weighted by molar-refractivity contribution is 5.79. The summed E-state index contributed by atoms with van der Waals surface area (Å²) in [5.41, 5.74) is 1.71. The maximum atomic E-state index is 10.6. The van der Waals surface area contributed by atoms with Crippen LogP contribution in [-0.4, -0.2) is 74.5 Å². The zero-order chi connectivity index (χ0) is 23.3. The van der Waals surface area contributed by atoms with E-state index in [1.165, 1.54) is 12.8 Å². The molecule has 0 bridgehead atoms. The number of rotatable bonds is 4. The van der Waals surface area contributed by atoms with Crippen LogP contribution in [0.25, 0.3) is 11.0 Å². The minimum absolute atomic E-state index is 0.0244. The standard InChI is InChI=1S/C24H33N9O/c1-31(2)17-7-11-32(12-8-17)20-6-5-19(29-30-20)27-23-25-14-16-13-18-22(34)26-15-24(9-3-4-10-24)33(18)21(16)28-23/h5-6,13-14,17,22,26,34H,3-4,7-12,15H2,1-2H3,(H,25,27,28,29). The van der Waals surface area contributed by atoms with Crippen molar-refractivity contribution in [3.05, 3.63) is 30.1 Å². The fourth-order valence-electron chi connectivity index (χ4n) is 5.96. The van der Waals surface area contributed by atoms with Crippen molar-refractivity contribution in [1.82, 2.24) is 34.9 Å². The Kier molecular flexibility index (Phi) is 5.39. The van der Waals surface area contributed by atoms with E-state index in [1.54, 1.807) is 0 Å². The van der Waals surface area contributed by atoms with E-state index in [0.29, 0.717) is 17.8 Å². The number of aromatic nitrogens is 5. The molecular weight excluding hydrogens is 430 g/mol. The van der Waals surface area contributed by atoms with Crippen molar-refractivity contribution in [3.8, 4) is 0 Å². The van der Waals surface area contributed by atoms with E-state index in [9.17, 15) is 5.11 Å². The lowest BCUT2D eigenvalue weighted by molar-refractivity contribution is 0.0768. The molecule has 3 N–H and O–H groups in total. The Balaban J connectivity index is 1.23. The number of aliphatic hydroxyl groups is 1. The van der Waals surface area contributed by atoms with Crippen molar-refractivity contribution in [2.45, 2.75) is 56.3 Å². The summed E-state index contributed by atoms with van der Waals surface area (Å²) in [5, 5.41) is 26.9. The van der Waals surface area contributed by atoms with E-state index >= 15 is 0 Å². The first-order valence-corrected chi connectivity index (χ1v) is 12.3. The molecule has 5 heterocycles. The molecule has 10 nitrogen and oxygen atoms in total. The van der Waals surface area contributed by atoms with Crippen LogP contribution in [0.1, 0.15) is 50.4 Å². The van der Waals surface area contributed by atoms with Gasteiger partial charge in [-0.2, -0.15) is 4.98 Å². The van der Waals surface area contributed by atoms with Crippen LogP contribution in [0.3, 0.4) is 0 Å². The topological polar surface area (TPSA) is 107 Å². The van der Waals surface area contributed by atoms with Gasteiger partial charge in [0.05, 0.1) is 11.2 Å². The van der Waals surface area contributed by atoms with E-state index in [1.807, 2.05) is 24.4 Å². The van der Waals surface area contributed by atoms with Gasteiger partial charge in [-0.05, 0) is 58.0 Å². The first-order chi connectivity index (χ1) is 16.5. The van der Waals surface area contributed by atoms with Crippen LogP contribution in [0, 0.1) is 0 Å². The van der Waals surface area contributed by atoms with E-state index in [2.05, 4.69) is 54.3 Å². The van der Waals surface area contributed by atoms with Gasteiger partial charge in [-0.3, -0.25) is 5.32 Å². The summed E-state index contributed by atoms with van der Waals surface area (Å²) in [5.74, 6) is 2.02. The lowest BCUT2D eigenvalue weighted by atomic mass is 9.94. The van der Waals surface area contributed by atoms with Crippen LogP contribution in [0.5, 0.6) is 0 Å². The first kappa shape index (κ1) is 21.7. The second kappa shape index (κ2) is 8.44. The molecule has 0 amide bonds. The van der Waals surface area contributed by atoms with E-state index < -0.39 is 6.23 Å². The number of hydrogen-bond acceptors (Lipinski definition) is 9. The second-order valence-corrected chi connectivity index (χ2v) is 10.2. The zero-order valence-corrected chi connectivity index (χ0v) is 19.9. The highest BCUT2D eigenvalue weighted by atomic mass is 16.3. The van der Waals surface area contributed by atoms with Gasteiger partial charge in [-0.1, -0.05) is 12.8 Å². The van der Waals surface area contributed by atoms with Gasteiger partial charge in [0.1, 0.15) is 11.9 Å². The molecule has 10 heteroatoms. The molecular formula is C24H33N9O. The quantitative estimate of drug-likeness (QED) is 0.537. The van der Waals surface area contributed by atoms with E-state index in [0.717, 1.165) is 67.9 Å². The molecule has 3 aromatic rings. The zero-order valence-electron chi connectivity index (χ0n) is 19.9. The van der Waals surface area contributed by atoms with Gasteiger partial charge in [0, 0.05) is 37.3 Å². The molecule has 1 atom stereocenters. The molecule has 3 aromatic heterocycles. The Morgan fingerprint density at radius 1 is 1.15 bits per heavy atom. The lowest BCUT2D eigenvalue weighted by Crippen LogP contribution is -2.48. The van der Waals surface area contributed by atoms with Gasteiger partial charge < -0.3 is 24.8 Å². The highest BCUT2D eigenvalue weighted by Crippen LogP contribution is 2.43. The maximum absolute atomic E-state index is 10.6. The summed E-state index contributed by atoms with van der Waals surface area (Å²) in [6.45, 7) is 2.74. The predicted molar refractivity (Wildman–Crippen MR) is 131 cm³/mol. The molecule has 1 spiro atoms. The molecule has 1 unspecified atom stereocenters. The van der Waals surface area contributed by atoms with Crippen LogP contribution in [0.15, 0.2) is 24.4 Å². The van der Waals surface area contributed by atoms with Crippen LogP contribution >= 0.6 is 0 Å². The van der Waals surface area contributed by atoms with Crippen LogP contribution in [0.4, 0.5) is 17.6 Å². The molecule has 0 radical (unpaired) electrons. The molecule has 2 aliphatic heterocycles. The minimum Gasteiger partial charge on any atom is -0.373 e. The number of piperidine rings is 1. The third kappa shape index (κ3) is 3.70. The molecule has 3 aliphatic rings. The summed E-state index contributed by atoms with van der Waals surface area (Å²) in [7, 11) is 4.30. The summed E-state index contributed by atoms with van der Waals surface area (Å²) in [6, 6.07) is 6.59. The molecule has 34 heavy (non-hydrogen) atoms. The van der Waals surface area contributed by atoms with Gasteiger partial charge in [-0.25, -0.2) is 4.98 Å². The Bertz CT molecular complexity index is 1160. The first-order valence-electron chi connectivity index (χ1n) is 12.3. The summed E-state index contributed by atoms with van der Waals surface area (Å²) >= 11 is 0. The van der Waals surface area contributed by atoms with Crippen molar-refractivity contribution >= 4 is 28.6 Å². The SMILES string of the molecule is CN(C)C1CCN(c2ccc(Nc3ncc4cc5n(c4n3)C3(CCCC3)CNC5O)nn2)CC1. The number of anilines is 3. The predicted octanol–water partition coefficient (Wildman–Crippen LogP) is 2.36. The van der Waals surface area contributed by atoms with Gasteiger partial charge in [-0.15, -0.1) is 10.2 Å². The summed E-state index contributed by atoms with van der Waals surface area (Å²) in [6.07, 6.45) is 7.99. The van der Waals surface area contributed by atoms with Crippen molar-refractivity contribution in [3.63, 3.8) is 0 Å². The number of fused-ring (bicyclic) bond motifs is 4. The third-order valence-corrected chi connectivity index (χ3v) is 7.89. The Hall–Kier alpha value is -2.82. The van der Waals surface area contributed by atoms with E-state index in [4.69, 9.17) is 4.98 Å². The largest absolute Gasteiger partial charge is 0.373 e. The summed E-state index contributed by atoms with van der Waals surface area (Å²) in [4.78, 5) is 14.0. The fraction of sp³-hybridized carbons (Fsp3) is 0.583. The fourth-order valence-corrected chi connectivity index (χ4v) is 5.96. The molecule has 1 aliphatic carbocycles. The number of aliphatic hydroxyl groups excluding tert-OH is 1. The van der Waals surface area contributed by atoms with Gasteiger partial charge in [0.15, 0.2) is 11.6 Å². The Morgan fingerprint density at radius 2 is 1.94 bits per heavy atom. The molecule has 0 aromatic carbocycles. The smallest absolute Gasteiger partial charge is 0.230 e. The molecule has 1 saturated carbocycles. The number of hydrogen-bond donors (Lipinski definition) is 3. The lowest BCUT2D eigenvalue weighted by Gasteiger charge is -2.39. The summed E-state index contributed by atoms with van der Waals surface area (Å²) < 4.78 is 2.26. The molecule has 6 rings (SSSR count). The average Bonchev–Trinajstić information content (AvgIpc) is 3.48. The van der Waals surface area contributed by atoms with Crippen molar-refractivity contribution in [2.75, 3.05) is 43.9 Å². The maximum Gasteiger partial charge on any atom is 0.230 e. The Morgan fingerprint density at radius 3 is 2.65 bits per heavy atom. The third-order valence-electron chi connectivity index (χ3n) is 7.89. The van der Waals surface area contributed by atoms with Gasteiger partial charge in [0.2, 0.25) is 5.95 Å². The number of nitrogens with one attached hydrogen (secondary N) is 2. The average molecular weight is 464 g/mol. The van der Waals surface area contributed by atoms with Gasteiger partial charge in [0.25, 0.3) is 0 Å². The Labute approximate surface area is 199 Å². The van der Waals surface area contributed by atoms with E-state index in [-0.39, 0.29) is 5.54 Å². The van der Waals surface area contributed by atoms with Crippen LogP contribution in [0.2, 0.25) is 0 Å².